The van der Waals surface area contributed by atoms with Gasteiger partial charge in [0.05, 0.1) is 12.4 Å². The number of rotatable bonds is 2. The molecule has 0 radical (unpaired) electrons. The van der Waals surface area contributed by atoms with Gasteiger partial charge in [-0.25, -0.2) is 15.0 Å². The Kier molecular flexibility index (Phi) is 3.28. The van der Waals surface area contributed by atoms with Gasteiger partial charge in [-0.2, -0.15) is 0 Å². The van der Waals surface area contributed by atoms with E-state index in [0.29, 0.717) is 15.6 Å². The third kappa shape index (κ3) is 1.96. The van der Waals surface area contributed by atoms with Gasteiger partial charge < -0.3 is 20.7 Å². The van der Waals surface area contributed by atoms with Gasteiger partial charge in [0, 0.05) is 4.43 Å². The molecule has 3 rings (SSSR count). The van der Waals surface area contributed by atoms with Crippen molar-refractivity contribution in [3.8, 4) is 0 Å². The molecule has 2 unspecified atom stereocenters. The van der Waals surface area contributed by atoms with Crippen molar-refractivity contribution in [3.63, 3.8) is 0 Å². The van der Waals surface area contributed by atoms with Gasteiger partial charge in [0.2, 0.25) is 0 Å². The maximum Gasteiger partial charge on any atom is 0.167 e. The summed E-state index contributed by atoms with van der Waals surface area (Å²) >= 11 is 2.10. The Hall–Kier alpha value is -1.04. The van der Waals surface area contributed by atoms with Crippen LogP contribution in [0.15, 0.2) is 12.7 Å². The monoisotopic (exact) mass is 377 g/mol. The third-order valence-corrected chi connectivity index (χ3v) is 4.02. The fourth-order valence-corrected chi connectivity index (χ4v) is 2.87. The van der Waals surface area contributed by atoms with E-state index in [4.69, 9.17) is 10.5 Å². The largest absolute Gasteiger partial charge is 0.387 e. The molecule has 0 spiro atoms. The van der Waals surface area contributed by atoms with E-state index in [9.17, 15) is 10.2 Å². The minimum absolute atomic E-state index is 0.266. The number of alkyl halides is 1. The molecule has 1 aliphatic heterocycles. The Morgan fingerprint density at radius 3 is 2.79 bits per heavy atom. The number of nitrogens with two attached hydrogens (primary N) is 1. The average Bonchev–Trinajstić information content (AvgIpc) is 2.94. The fourth-order valence-electron chi connectivity index (χ4n) is 2.14. The molecule has 1 aliphatic rings. The van der Waals surface area contributed by atoms with Crippen LogP contribution in [0.1, 0.15) is 6.23 Å². The van der Waals surface area contributed by atoms with E-state index in [1.165, 1.54) is 12.7 Å². The Morgan fingerprint density at radius 2 is 2.11 bits per heavy atom. The van der Waals surface area contributed by atoms with Crippen molar-refractivity contribution in [3.05, 3.63) is 12.7 Å². The molecule has 1 fully saturated rings. The molecular formula is C10H12IN5O3. The predicted octanol–water partition coefficient (Wildman–Crippen LogP) is -0.537. The number of fused-ring (bicyclic) bond motifs is 1. The van der Waals surface area contributed by atoms with Crippen molar-refractivity contribution in [2.75, 3.05) is 10.2 Å². The molecule has 0 aromatic carbocycles. The van der Waals surface area contributed by atoms with Crippen molar-refractivity contribution in [2.24, 2.45) is 0 Å². The first-order chi connectivity index (χ1) is 9.13. The Morgan fingerprint density at radius 1 is 1.32 bits per heavy atom. The van der Waals surface area contributed by atoms with E-state index in [-0.39, 0.29) is 5.82 Å². The first kappa shape index (κ1) is 13.0. The number of halogens is 1. The molecule has 0 amide bonds. The molecule has 9 heteroatoms. The van der Waals surface area contributed by atoms with Crippen molar-refractivity contribution >= 4 is 39.6 Å². The van der Waals surface area contributed by atoms with Gasteiger partial charge in [-0.1, -0.05) is 22.6 Å². The number of aliphatic hydroxyl groups is 2. The Labute approximate surface area is 121 Å². The van der Waals surface area contributed by atoms with Crippen LogP contribution in [-0.4, -0.2) is 52.5 Å². The highest BCUT2D eigenvalue weighted by Crippen LogP contribution is 2.32. The Balaban J connectivity index is 2.04. The summed E-state index contributed by atoms with van der Waals surface area (Å²) in [5.41, 5.74) is 6.62. The lowest BCUT2D eigenvalue weighted by Crippen LogP contribution is -2.32. The van der Waals surface area contributed by atoms with E-state index in [1.54, 1.807) is 4.57 Å². The smallest absolute Gasteiger partial charge is 0.167 e. The highest BCUT2D eigenvalue weighted by atomic mass is 127. The van der Waals surface area contributed by atoms with Crippen LogP contribution >= 0.6 is 22.6 Å². The lowest BCUT2D eigenvalue weighted by Gasteiger charge is -2.16. The van der Waals surface area contributed by atoms with Crippen molar-refractivity contribution < 1.29 is 14.9 Å². The number of hydrogen-bond acceptors (Lipinski definition) is 7. The molecule has 2 aromatic rings. The predicted molar refractivity (Wildman–Crippen MR) is 74.5 cm³/mol. The first-order valence-corrected chi connectivity index (χ1v) is 7.16. The quantitative estimate of drug-likeness (QED) is 0.475. The summed E-state index contributed by atoms with van der Waals surface area (Å²) in [4.78, 5) is 12.1. The van der Waals surface area contributed by atoms with Crippen LogP contribution in [0.25, 0.3) is 11.2 Å². The first-order valence-electron chi connectivity index (χ1n) is 5.64. The number of anilines is 1. The molecule has 3 heterocycles. The van der Waals surface area contributed by atoms with Gasteiger partial charge in [0.25, 0.3) is 0 Å². The molecule has 102 valence electrons. The van der Waals surface area contributed by atoms with Gasteiger partial charge in [0.1, 0.15) is 24.1 Å². The standard InChI is InChI=1S/C10H12IN5O3/c11-1-4-6(17)7(18)10(19-4)16-3-15-5-8(12)13-2-14-9(5)16/h2-4,6-7,10,17-18H,1H2,(H2,12,13,14)/t4-,6?,7?,10-/m1/s1. The normalized spacial score (nSPS) is 31.1. The second-order valence-electron chi connectivity index (χ2n) is 4.28. The molecule has 4 N–H and O–H groups in total. The van der Waals surface area contributed by atoms with Gasteiger partial charge in [-0.15, -0.1) is 0 Å². The van der Waals surface area contributed by atoms with Crippen LogP contribution in [0.4, 0.5) is 5.82 Å². The van der Waals surface area contributed by atoms with Crippen LogP contribution in [-0.2, 0) is 4.74 Å². The molecule has 0 saturated carbocycles. The molecule has 8 nitrogen and oxygen atoms in total. The highest BCUT2D eigenvalue weighted by Gasteiger charge is 2.43. The lowest BCUT2D eigenvalue weighted by molar-refractivity contribution is -0.0283. The fraction of sp³-hybridized carbons (Fsp3) is 0.500. The maximum atomic E-state index is 10.1. The number of nitrogens with zero attached hydrogens (tertiary/aromatic N) is 4. The second-order valence-corrected chi connectivity index (χ2v) is 5.16. The zero-order valence-corrected chi connectivity index (χ0v) is 11.9. The molecular weight excluding hydrogens is 365 g/mol. The summed E-state index contributed by atoms with van der Waals surface area (Å²) in [5.74, 6) is 0.266. The van der Waals surface area contributed by atoms with Gasteiger partial charge >= 0.3 is 0 Å². The summed E-state index contributed by atoms with van der Waals surface area (Å²) in [7, 11) is 0. The van der Waals surface area contributed by atoms with E-state index >= 15 is 0 Å². The SMILES string of the molecule is Nc1ncnc2c1ncn2[C@@H]1O[C@H](CI)C(O)C1O. The van der Waals surface area contributed by atoms with Crippen LogP contribution in [0.5, 0.6) is 0 Å². The summed E-state index contributed by atoms with van der Waals surface area (Å²) in [5, 5.41) is 19.9. The number of ether oxygens (including phenoxy) is 1. The summed E-state index contributed by atoms with van der Waals surface area (Å²) in [6, 6.07) is 0. The number of imidazole rings is 1. The van der Waals surface area contributed by atoms with E-state index in [2.05, 4.69) is 37.5 Å². The van der Waals surface area contributed by atoms with Gasteiger partial charge in [-0.05, 0) is 0 Å². The minimum Gasteiger partial charge on any atom is -0.387 e. The third-order valence-electron chi connectivity index (χ3n) is 3.15. The number of hydrogen-bond donors (Lipinski definition) is 3. The van der Waals surface area contributed by atoms with E-state index < -0.39 is 24.5 Å². The zero-order valence-electron chi connectivity index (χ0n) is 9.72. The molecule has 0 bridgehead atoms. The topological polar surface area (TPSA) is 119 Å². The van der Waals surface area contributed by atoms with E-state index in [0.717, 1.165) is 0 Å². The molecule has 19 heavy (non-hydrogen) atoms. The van der Waals surface area contributed by atoms with Gasteiger partial charge in [0.15, 0.2) is 17.7 Å². The summed E-state index contributed by atoms with van der Waals surface area (Å²) < 4.78 is 7.78. The van der Waals surface area contributed by atoms with Crippen LogP contribution in [0.3, 0.4) is 0 Å². The van der Waals surface area contributed by atoms with Crippen molar-refractivity contribution in [1.29, 1.82) is 0 Å². The van der Waals surface area contributed by atoms with E-state index in [1.807, 2.05) is 0 Å². The molecule has 4 atom stereocenters. The zero-order chi connectivity index (χ0) is 13.6. The lowest BCUT2D eigenvalue weighted by atomic mass is 10.1. The van der Waals surface area contributed by atoms with Crippen LogP contribution in [0.2, 0.25) is 0 Å². The number of aliphatic hydroxyl groups excluding tert-OH is 2. The number of aromatic nitrogens is 4. The second kappa shape index (κ2) is 4.81. The summed E-state index contributed by atoms with van der Waals surface area (Å²) in [6.45, 7) is 0. The van der Waals surface area contributed by atoms with Crippen molar-refractivity contribution in [1.82, 2.24) is 19.5 Å². The Bertz CT molecular complexity index is 606. The average molecular weight is 377 g/mol. The molecule has 1 saturated heterocycles. The minimum atomic E-state index is -1.03. The van der Waals surface area contributed by atoms with Crippen LogP contribution < -0.4 is 5.73 Å². The van der Waals surface area contributed by atoms with Crippen molar-refractivity contribution in [2.45, 2.75) is 24.5 Å². The molecule has 2 aromatic heterocycles. The maximum absolute atomic E-state index is 10.1. The highest BCUT2D eigenvalue weighted by molar-refractivity contribution is 14.1. The number of nitrogen functional groups attached to an aromatic ring is 1. The van der Waals surface area contributed by atoms with Gasteiger partial charge in [-0.3, -0.25) is 4.57 Å². The molecule has 0 aliphatic carbocycles. The van der Waals surface area contributed by atoms with Crippen LogP contribution in [0, 0.1) is 0 Å². The summed E-state index contributed by atoms with van der Waals surface area (Å²) in [6.07, 6.45) is -0.312.